The van der Waals surface area contributed by atoms with Crippen molar-refractivity contribution in [1.29, 1.82) is 0 Å². The Bertz CT molecular complexity index is 629. The van der Waals surface area contributed by atoms with Gasteiger partial charge in [-0.15, -0.1) is 0 Å². The lowest BCUT2D eigenvalue weighted by Gasteiger charge is -2.18. The molecule has 0 unspecified atom stereocenters. The maximum Gasteiger partial charge on any atom is 0.321 e. The van der Waals surface area contributed by atoms with Gasteiger partial charge in [0.25, 0.3) is 0 Å². The topological polar surface area (TPSA) is 70.2 Å². The fourth-order valence-electron chi connectivity index (χ4n) is 2.26. The Morgan fingerprint density at radius 1 is 0.957 bits per heavy atom. The molecular weight excluding hydrogens is 290 g/mol. The number of hydrogen-bond acceptors (Lipinski definition) is 3. The van der Waals surface area contributed by atoms with E-state index in [0.717, 1.165) is 12.0 Å². The Balaban J connectivity index is 2.01. The van der Waals surface area contributed by atoms with Crippen molar-refractivity contribution in [3.8, 4) is 0 Å². The molecule has 5 nitrogen and oxygen atoms in total. The van der Waals surface area contributed by atoms with E-state index in [-0.39, 0.29) is 5.91 Å². The molecule has 2 rings (SSSR count). The standard InChI is InChI=1S/C18H21N3O2/c1-19-18(23)21-17(22)16(15-10-6-3-7-11-15)20-13-12-14-8-4-2-5-9-14/h2-11,16,20H,12-13H2,1H3,(H2,19,21,22,23)/t16-/m0/s1. The third-order valence-electron chi connectivity index (χ3n) is 3.46. The molecule has 0 aliphatic heterocycles. The van der Waals surface area contributed by atoms with E-state index in [4.69, 9.17) is 0 Å². The highest BCUT2D eigenvalue weighted by Crippen LogP contribution is 2.13. The highest BCUT2D eigenvalue weighted by Gasteiger charge is 2.21. The van der Waals surface area contributed by atoms with Crippen LogP contribution in [0.1, 0.15) is 17.2 Å². The number of benzene rings is 2. The van der Waals surface area contributed by atoms with Crippen molar-refractivity contribution in [3.05, 3.63) is 71.8 Å². The van der Waals surface area contributed by atoms with Crippen LogP contribution < -0.4 is 16.0 Å². The van der Waals surface area contributed by atoms with Gasteiger partial charge in [0.05, 0.1) is 0 Å². The van der Waals surface area contributed by atoms with Gasteiger partial charge in [0, 0.05) is 13.6 Å². The molecule has 2 aromatic rings. The van der Waals surface area contributed by atoms with Gasteiger partial charge in [-0.25, -0.2) is 4.79 Å². The predicted molar refractivity (Wildman–Crippen MR) is 89.9 cm³/mol. The molecule has 3 amide bonds. The molecule has 0 radical (unpaired) electrons. The summed E-state index contributed by atoms with van der Waals surface area (Å²) in [6.07, 6.45) is 0.803. The maximum atomic E-state index is 12.3. The Hall–Kier alpha value is -2.66. The fraction of sp³-hybridized carbons (Fsp3) is 0.222. The van der Waals surface area contributed by atoms with Crippen LogP contribution in [0, 0.1) is 0 Å². The molecule has 0 spiro atoms. The molecule has 0 fully saturated rings. The normalized spacial score (nSPS) is 11.5. The maximum absolute atomic E-state index is 12.3. The summed E-state index contributed by atoms with van der Waals surface area (Å²) < 4.78 is 0. The smallest absolute Gasteiger partial charge is 0.321 e. The van der Waals surface area contributed by atoms with Gasteiger partial charge in [0.2, 0.25) is 5.91 Å². The third kappa shape index (κ3) is 5.23. The first-order chi connectivity index (χ1) is 11.2. The van der Waals surface area contributed by atoms with E-state index in [2.05, 4.69) is 16.0 Å². The molecule has 0 heterocycles. The van der Waals surface area contributed by atoms with E-state index in [0.29, 0.717) is 6.54 Å². The van der Waals surface area contributed by atoms with Gasteiger partial charge in [-0.3, -0.25) is 10.1 Å². The summed E-state index contributed by atoms with van der Waals surface area (Å²) in [6.45, 7) is 0.630. The van der Waals surface area contributed by atoms with Crippen LogP contribution in [0.4, 0.5) is 4.79 Å². The van der Waals surface area contributed by atoms with Crippen molar-refractivity contribution in [2.24, 2.45) is 0 Å². The number of nitrogens with one attached hydrogen (secondary N) is 3. The first-order valence-electron chi connectivity index (χ1n) is 7.55. The number of urea groups is 1. The zero-order chi connectivity index (χ0) is 16.5. The summed E-state index contributed by atoms with van der Waals surface area (Å²) in [5.74, 6) is -0.372. The van der Waals surface area contributed by atoms with Crippen LogP contribution >= 0.6 is 0 Å². The van der Waals surface area contributed by atoms with Crippen molar-refractivity contribution in [1.82, 2.24) is 16.0 Å². The lowest BCUT2D eigenvalue weighted by Crippen LogP contribution is -2.44. The summed E-state index contributed by atoms with van der Waals surface area (Å²) >= 11 is 0. The van der Waals surface area contributed by atoms with Crippen molar-refractivity contribution in [2.75, 3.05) is 13.6 Å². The lowest BCUT2D eigenvalue weighted by molar-refractivity contribution is -0.122. The van der Waals surface area contributed by atoms with Gasteiger partial charge < -0.3 is 10.6 Å². The van der Waals surface area contributed by atoms with E-state index in [1.165, 1.54) is 12.6 Å². The number of rotatable bonds is 6. The molecule has 0 aromatic heterocycles. The van der Waals surface area contributed by atoms with Crippen LogP contribution in [0.5, 0.6) is 0 Å². The van der Waals surface area contributed by atoms with Gasteiger partial charge in [0.15, 0.2) is 0 Å². The molecule has 2 aromatic carbocycles. The SMILES string of the molecule is CNC(=O)NC(=O)[C@@H](NCCc1ccccc1)c1ccccc1. The minimum absolute atomic E-state index is 0.372. The number of carbonyl (C=O) groups excluding carboxylic acids is 2. The highest BCUT2D eigenvalue weighted by molar-refractivity contribution is 5.97. The highest BCUT2D eigenvalue weighted by atomic mass is 16.2. The Kier molecular flexibility index (Phi) is 6.32. The van der Waals surface area contributed by atoms with E-state index in [1.54, 1.807) is 0 Å². The van der Waals surface area contributed by atoms with Crippen molar-refractivity contribution in [3.63, 3.8) is 0 Å². The largest absolute Gasteiger partial charge is 0.341 e. The Morgan fingerprint density at radius 3 is 2.17 bits per heavy atom. The summed E-state index contributed by atoms with van der Waals surface area (Å²) in [5.41, 5.74) is 2.01. The molecule has 0 aliphatic rings. The molecule has 0 saturated heterocycles. The van der Waals surface area contributed by atoms with Crippen LogP contribution in [-0.2, 0) is 11.2 Å². The van der Waals surface area contributed by atoms with Crippen molar-refractivity contribution in [2.45, 2.75) is 12.5 Å². The van der Waals surface area contributed by atoms with Crippen molar-refractivity contribution >= 4 is 11.9 Å². The molecule has 23 heavy (non-hydrogen) atoms. The third-order valence-corrected chi connectivity index (χ3v) is 3.46. The second kappa shape index (κ2) is 8.70. The summed E-state index contributed by atoms with van der Waals surface area (Å²) in [6, 6.07) is 18.3. The van der Waals surface area contributed by atoms with E-state index < -0.39 is 12.1 Å². The van der Waals surface area contributed by atoms with Crippen LogP contribution in [-0.4, -0.2) is 25.5 Å². The van der Waals surface area contributed by atoms with Crippen molar-refractivity contribution < 1.29 is 9.59 Å². The van der Waals surface area contributed by atoms with Crippen LogP contribution in [0.2, 0.25) is 0 Å². The molecule has 0 aliphatic carbocycles. The average molecular weight is 311 g/mol. The first-order valence-corrected chi connectivity index (χ1v) is 7.55. The van der Waals surface area contributed by atoms with Gasteiger partial charge in [0.1, 0.15) is 6.04 Å². The summed E-state index contributed by atoms with van der Waals surface area (Å²) in [7, 11) is 1.48. The van der Waals surface area contributed by atoms with Gasteiger partial charge in [-0.2, -0.15) is 0 Å². The molecule has 1 atom stereocenters. The second-order valence-corrected chi connectivity index (χ2v) is 5.10. The van der Waals surface area contributed by atoms with Gasteiger partial charge >= 0.3 is 6.03 Å². The zero-order valence-corrected chi connectivity index (χ0v) is 13.1. The second-order valence-electron chi connectivity index (χ2n) is 5.10. The van der Waals surface area contributed by atoms with E-state index >= 15 is 0 Å². The summed E-state index contributed by atoms with van der Waals surface area (Å²) in [4.78, 5) is 23.7. The minimum Gasteiger partial charge on any atom is -0.341 e. The van der Waals surface area contributed by atoms with Crippen LogP contribution in [0.25, 0.3) is 0 Å². The first kappa shape index (κ1) is 16.7. The Labute approximate surface area is 136 Å². The minimum atomic E-state index is -0.572. The number of amides is 3. The predicted octanol–water partition coefficient (Wildman–Crippen LogP) is 2.02. The molecule has 5 heteroatoms. The Morgan fingerprint density at radius 2 is 1.57 bits per heavy atom. The fourth-order valence-corrected chi connectivity index (χ4v) is 2.26. The van der Waals surface area contributed by atoms with Crippen LogP contribution in [0.3, 0.4) is 0 Å². The number of carbonyl (C=O) groups is 2. The molecule has 0 bridgehead atoms. The molecular formula is C18H21N3O2. The average Bonchev–Trinajstić information content (AvgIpc) is 2.60. The van der Waals surface area contributed by atoms with Gasteiger partial charge in [-0.05, 0) is 17.5 Å². The zero-order valence-electron chi connectivity index (χ0n) is 13.1. The van der Waals surface area contributed by atoms with E-state index in [9.17, 15) is 9.59 Å². The monoisotopic (exact) mass is 311 g/mol. The number of hydrogen-bond donors (Lipinski definition) is 3. The number of imide groups is 1. The molecule has 120 valence electrons. The van der Waals surface area contributed by atoms with Crippen LogP contribution in [0.15, 0.2) is 60.7 Å². The lowest BCUT2D eigenvalue weighted by atomic mass is 10.1. The quantitative estimate of drug-likeness (QED) is 0.764. The van der Waals surface area contributed by atoms with Gasteiger partial charge in [-0.1, -0.05) is 60.7 Å². The van der Waals surface area contributed by atoms with E-state index in [1.807, 2.05) is 60.7 Å². The summed E-state index contributed by atoms with van der Waals surface area (Å²) in [5, 5.41) is 7.93. The molecule has 0 saturated carbocycles. The molecule has 3 N–H and O–H groups in total.